The van der Waals surface area contributed by atoms with Crippen molar-refractivity contribution in [1.82, 2.24) is 10.2 Å². The summed E-state index contributed by atoms with van der Waals surface area (Å²) in [6.07, 6.45) is 2.63. The minimum atomic E-state index is 0.598. The molecule has 0 fully saturated rings. The van der Waals surface area contributed by atoms with E-state index in [2.05, 4.69) is 27.3 Å². The third-order valence-electron chi connectivity index (χ3n) is 2.30. The number of nitrogens with one attached hydrogen (secondary N) is 1. The van der Waals surface area contributed by atoms with Gasteiger partial charge in [0.2, 0.25) is 6.33 Å². The Kier molecular flexibility index (Phi) is 4.01. The Balaban J connectivity index is 2.02. The predicted octanol–water partition coefficient (Wildman–Crippen LogP) is 2.44. The third kappa shape index (κ3) is 3.13. The van der Waals surface area contributed by atoms with E-state index in [0.717, 1.165) is 24.5 Å². The SMILES string of the molecule is CCCOc1ccc(N=Nc2[nH]nc[n+]2C)cc1. The van der Waals surface area contributed by atoms with Crippen molar-refractivity contribution in [2.45, 2.75) is 13.3 Å². The third-order valence-corrected chi connectivity index (χ3v) is 2.30. The molecule has 2 aromatic rings. The van der Waals surface area contributed by atoms with Gasteiger partial charge in [-0.2, -0.15) is 0 Å². The van der Waals surface area contributed by atoms with Crippen LogP contribution in [0.3, 0.4) is 0 Å². The average molecular weight is 246 g/mol. The van der Waals surface area contributed by atoms with Gasteiger partial charge in [0.05, 0.1) is 19.3 Å². The summed E-state index contributed by atoms with van der Waals surface area (Å²) in [4.78, 5) is 0. The summed E-state index contributed by atoms with van der Waals surface area (Å²) in [5, 5.41) is 14.8. The van der Waals surface area contributed by atoms with Gasteiger partial charge >= 0.3 is 5.95 Å². The van der Waals surface area contributed by atoms with E-state index in [1.165, 1.54) is 0 Å². The van der Waals surface area contributed by atoms with Crippen LogP contribution in [0, 0.1) is 0 Å². The fourth-order valence-corrected chi connectivity index (χ4v) is 1.33. The van der Waals surface area contributed by atoms with Crippen LogP contribution >= 0.6 is 0 Å². The molecule has 6 heteroatoms. The summed E-state index contributed by atoms with van der Waals surface area (Å²) >= 11 is 0. The Morgan fingerprint density at radius 3 is 2.67 bits per heavy atom. The molecule has 0 radical (unpaired) electrons. The lowest BCUT2D eigenvalue weighted by atomic mass is 10.3. The zero-order chi connectivity index (χ0) is 12.8. The number of hydrogen-bond acceptors (Lipinski definition) is 4. The van der Waals surface area contributed by atoms with Crippen molar-refractivity contribution in [1.29, 1.82) is 0 Å². The fraction of sp³-hybridized carbons (Fsp3) is 0.333. The maximum atomic E-state index is 5.49. The Hall–Kier alpha value is -2.24. The van der Waals surface area contributed by atoms with Crippen LogP contribution in [0.2, 0.25) is 0 Å². The van der Waals surface area contributed by atoms with Crippen molar-refractivity contribution in [3.8, 4) is 5.75 Å². The summed E-state index contributed by atoms with van der Waals surface area (Å²) in [5.74, 6) is 1.45. The number of hydrogen-bond donors (Lipinski definition) is 1. The number of aromatic nitrogens is 3. The van der Waals surface area contributed by atoms with Gasteiger partial charge in [-0.05, 0) is 35.8 Å². The van der Waals surface area contributed by atoms with Crippen LogP contribution in [-0.4, -0.2) is 16.8 Å². The number of nitrogens with zero attached hydrogens (tertiary/aromatic N) is 4. The molecule has 2 rings (SSSR count). The standard InChI is InChI=1S/C12H15N5O/c1-3-8-18-11-6-4-10(5-7-11)14-16-12-15-13-9-17(12)2/h4-7,9H,3,8H2,1-2H3/p+1. The molecule has 1 aromatic heterocycles. The van der Waals surface area contributed by atoms with Gasteiger partial charge in [0.1, 0.15) is 5.75 Å². The second kappa shape index (κ2) is 5.90. The molecule has 0 aliphatic carbocycles. The molecular weight excluding hydrogens is 230 g/mol. The van der Waals surface area contributed by atoms with Gasteiger partial charge in [0.25, 0.3) is 0 Å². The van der Waals surface area contributed by atoms with Crippen molar-refractivity contribution in [3.63, 3.8) is 0 Å². The second-order valence-corrected chi connectivity index (χ2v) is 3.83. The smallest absolute Gasteiger partial charge is 0.401 e. The van der Waals surface area contributed by atoms with E-state index in [1.807, 2.05) is 31.3 Å². The number of rotatable bonds is 5. The fourth-order valence-electron chi connectivity index (χ4n) is 1.33. The number of H-pyrrole nitrogens is 1. The maximum Gasteiger partial charge on any atom is 0.401 e. The highest BCUT2D eigenvalue weighted by atomic mass is 16.5. The van der Waals surface area contributed by atoms with Gasteiger partial charge in [-0.25, -0.2) is 4.57 Å². The van der Waals surface area contributed by atoms with Crippen molar-refractivity contribution >= 4 is 11.6 Å². The molecule has 0 aliphatic rings. The Morgan fingerprint density at radius 2 is 2.06 bits per heavy atom. The average Bonchev–Trinajstić information content (AvgIpc) is 2.81. The van der Waals surface area contributed by atoms with Gasteiger partial charge < -0.3 is 4.74 Å². The van der Waals surface area contributed by atoms with E-state index in [9.17, 15) is 0 Å². The van der Waals surface area contributed by atoms with Crippen LogP contribution in [0.25, 0.3) is 0 Å². The molecule has 0 amide bonds. The first-order valence-electron chi connectivity index (χ1n) is 5.83. The molecule has 1 aromatic carbocycles. The molecular formula is C12H16N5O+. The molecule has 0 aliphatic heterocycles. The zero-order valence-corrected chi connectivity index (χ0v) is 10.5. The van der Waals surface area contributed by atoms with E-state index in [1.54, 1.807) is 10.9 Å². The molecule has 0 bridgehead atoms. The second-order valence-electron chi connectivity index (χ2n) is 3.83. The Labute approximate surface area is 105 Å². The molecule has 0 spiro atoms. The highest BCUT2D eigenvalue weighted by Gasteiger charge is 2.04. The summed E-state index contributed by atoms with van der Waals surface area (Å²) < 4.78 is 7.24. The molecule has 1 heterocycles. The van der Waals surface area contributed by atoms with Gasteiger partial charge in [0.15, 0.2) is 0 Å². The molecule has 0 unspecified atom stereocenters. The lowest BCUT2D eigenvalue weighted by Crippen LogP contribution is -2.24. The number of ether oxygens (including phenoxy) is 1. The van der Waals surface area contributed by atoms with E-state index >= 15 is 0 Å². The van der Waals surface area contributed by atoms with Crippen molar-refractivity contribution in [2.24, 2.45) is 17.3 Å². The molecule has 0 atom stereocenters. The Morgan fingerprint density at radius 1 is 1.28 bits per heavy atom. The highest BCUT2D eigenvalue weighted by Crippen LogP contribution is 2.19. The van der Waals surface area contributed by atoms with Gasteiger partial charge in [-0.1, -0.05) is 12.0 Å². The Bertz CT molecular complexity index is 518. The summed E-state index contributed by atoms with van der Waals surface area (Å²) in [7, 11) is 1.85. The van der Waals surface area contributed by atoms with Crippen molar-refractivity contribution in [3.05, 3.63) is 30.6 Å². The van der Waals surface area contributed by atoms with E-state index < -0.39 is 0 Å². The maximum absolute atomic E-state index is 5.49. The zero-order valence-electron chi connectivity index (χ0n) is 10.5. The first kappa shape index (κ1) is 12.2. The minimum absolute atomic E-state index is 0.598. The van der Waals surface area contributed by atoms with Crippen molar-refractivity contribution < 1.29 is 9.30 Å². The monoisotopic (exact) mass is 246 g/mol. The normalized spacial score (nSPS) is 11.0. The van der Waals surface area contributed by atoms with Crippen LogP contribution in [0.1, 0.15) is 13.3 Å². The summed E-state index contributed by atoms with van der Waals surface area (Å²) in [5.41, 5.74) is 0.772. The first-order valence-corrected chi connectivity index (χ1v) is 5.83. The number of azo groups is 1. The van der Waals surface area contributed by atoms with E-state index in [0.29, 0.717) is 5.95 Å². The van der Waals surface area contributed by atoms with Crippen molar-refractivity contribution in [2.75, 3.05) is 6.61 Å². The number of aromatic amines is 1. The lowest BCUT2D eigenvalue weighted by molar-refractivity contribution is -0.658. The molecule has 6 nitrogen and oxygen atoms in total. The predicted molar refractivity (Wildman–Crippen MR) is 66.2 cm³/mol. The molecule has 0 saturated carbocycles. The lowest BCUT2D eigenvalue weighted by Gasteiger charge is -2.02. The van der Waals surface area contributed by atoms with Crippen LogP contribution < -0.4 is 9.30 Å². The largest absolute Gasteiger partial charge is 0.494 e. The topological polar surface area (TPSA) is 66.5 Å². The van der Waals surface area contributed by atoms with Gasteiger partial charge in [-0.15, -0.1) is 5.10 Å². The number of benzene rings is 1. The summed E-state index contributed by atoms with van der Waals surface area (Å²) in [6.45, 7) is 2.80. The number of aryl methyl sites for hydroxylation is 1. The van der Waals surface area contributed by atoms with Crippen LogP contribution in [0.15, 0.2) is 40.8 Å². The highest BCUT2D eigenvalue weighted by molar-refractivity contribution is 5.40. The molecule has 94 valence electrons. The van der Waals surface area contributed by atoms with E-state index in [4.69, 9.17) is 4.74 Å². The first-order chi connectivity index (χ1) is 8.79. The van der Waals surface area contributed by atoms with Crippen LogP contribution in [0.5, 0.6) is 5.75 Å². The van der Waals surface area contributed by atoms with Gasteiger partial charge in [0, 0.05) is 5.11 Å². The summed E-state index contributed by atoms with van der Waals surface area (Å²) in [6, 6.07) is 7.50. The van der Waals surface area contributed by atoms with E-state index in [-0.39, 0.29) is 0 Å². The van der Waals surface area contributed by atoms with Gasteiger partial charge in [-0.3, -0.25) is 0 Å². The molecule has 1 N–H and O–H groups in total. The van der Waals surface area contributed by atoms with Crippen LogP contribution in [-0.2, 0) is 7.05 Å². The quantitative estimate of drug-likeness (QED) is 0.650. The molecule has 18 heavy (non-hydrogen) atoms. The molecule has 0 saturated heterocycles. The minimum Gasteiger partial charge on any atom is -0.494 e. The van der Waals surface area contributed by atoms with Crippen LogP contribution in [0.4, 0.5) is 11.6 Å².